The van der Waals surface area contributed by atoms with E-state index < -0.39 is 41.7 Å². The predicted octanol–water partition coefficient (Wildman–Crippen LogP) is 3.84. The minimum Gasteiger partial charge on any atom is -0.469 e. The molecule has 0 radical (unpaired) electrons. The second kappa shape index (κ2) is 9.61. The van der Waals surface area contributed by atoms with Gasteiger partial charge in [0.25, 0.3) is 0 Å². The average Bonchev–Trinajstić information content (AvgIpc) is 3.12. The van der Waals surface area contributed by atoms with Crippen LogP contribution in [0.15, 0.2) is 61.2 Å². The van der Waals surface area contributed by atoms with Gasteiger partial charge in [0.2, 0.25) is 5.91 Å². The molecule has 1 fully saturated rings. The van der Waals surface area contributed by atoms with E-state index >= 15 is 0 Å². The Balaban J connectivity index is 2.13. The molecule has 1 amide bonds. The average molecular weight is 459 g/mol. The molecule has 0 saturated carbocycles. The SMILES string of the molecule is C=CC1=C[C@H]2O[C@@H](C=C)[C@@H](C(=O)OC)[C@@H]2N([C@@H](C(=O)NC(C)(C)C)c2ccc(Cl)cc2)C1. The molecular weight excluding hydrogens is 428 g/mol. The summed E-state index contributed by atoms with van der Waals surface area (Å²) in [5.41, 5.74) is 1.25. The quantitative estimate of drug-likeness (QED) is 0.518. The van der Waals surface area contributed by atoms with Crippen LogP contribution in [0.2, 0.25) is 5.02 Å². The number of hydrogen-bond donors (Lipinski definition) is 1. The van der Waals surface area contributed by atoms with Gasteiger partial charge in [-0.3, -0.25) is 14.5 Å². The summed E-state index contributed by atoms with van der Waals surface area (Å²) in [6.07, 6.45) is 4.39. The fourth-order valence-electron chi connectivity index (χ4n) is 4.44. The van der Waals surface area contributed by atoms with Gasteiger partial charge in [-0.15, -0.1) is 6.58 Å². The number of nitrogens with one attached hydrogen (secondary N) is 1. The first-order valence-corrected chi connectivity index (χ1v) is 11.0. The molecule has 2 aliphatic rings. The molecule has 1 aromatic rings. The Morgan fingerprint density at radius 2 is 1.94 bits per heavy atom. The summed E-state index contributed by atoms with van der Waals surface area (Å²) in [6, 6.07) is 6.10. The summed E-state index contributed by atoms with van der Waals surface area (Å²) < 4.78 is 11.3. The van der Waals surface area contributed by atoms with Crippen molar-refractivity contribution in [3.05, 3.63) is 71.8 Å². The topological polar surface area (TPSA) is 67.9 Å². The van der Waals surface area contributed by atoms with Gasteiger partial charge in [0.15, 0.2) is 0 Å². The molecule has 7 heteroatoms. The van der Waals surface area contributed by atoms with Crippen molar-refractivity contribution in [2.75, 3.05) is 13.7 Å². The summed E-state index contributed by atoms with van der Waals surface area (Å²) in [7, 11) is 1.36. The Bertz CT molecular complexity index is 919. The number of fused-ring (bicyclic) bond motifs is 1. The number of nitrogens with zero attached hydrogens (tertiary/aromatic N) is 1. The van der Waals surface area contributed by atoms with Gasteiger partial charge >= 0.3 is 5.97 Å². The lowest BCUT2D eigenvalue weighted by Crippen LogP contribution is -2.56. The first kappa shape index (κ1) is 24.2. The lowest BCUT2D eigenvalue weighted by atomic mass is 9.86. The number of benzene rings is 1. The van der Waals surface area contributed by atoms with Crippen LogP contribution in [0, 0.1) is 5.92 Å². The van der Waals surface area contributed by atoms with Gasteiger partial charge in [0.05, 0.1) is 25.4 Å². The molecule has 0 aliphatic carbocycles. The number of carbonyl (C=O) groups excluding carboxylic acids is 2. The molecule has 2 aliphatic heterocycles. The second-order valence-electron chi connectivity index (χ2n) is 9.15. The Kier molecular flexibility index (Phi) is 7.28. The number of hydrogen-bond acceptors (Lipinski definition) is 5. The molecular formula is C25H31ClN2O4. The van der Waals surface area contributed by atoms with E-state index in [1.807, 2.05) is 43.9 Å². The molecule has 0 bridgehead atoms. The lowest BCUT2D eigenvalue weighted by Gasteiger charge is -2.42. The normalized spacial score (nSPS) is 26.5. The maximum absolute atomic E-state index is 13.6. The highest BCUT2D eigenvalue weighted by Gasteiger charge is 2.53. The third kappa shape index (κ3) is 4.98. The second-order valence-corrected chi connectivity index (χ2v) is 9.59. The third-order valence-electron chi connectivity index (χ3n) is 5.73. The number of amides is 1. The number of carbonyl (C=O) groups is 2. The van der Waals surface area contributed by atoms with Crippen LogP contribution in [0.5, 0.6) is 0 Å². The smallest absolute Gasteiger partial charge is 0.313 e. The van der Waals surface area contributed by atoms with Crippen LogP contribution in [-0.2, 0) is 19.1 Å². The van der Waals surface area contributed by atoms with Crippen molar-refractivity contribution in [1.82, 2.24) is 10.2 Å². The van der Waals surface area contributed by atoms with Crippen molar-refractivity contribution in [3.8, 4) is 0 Å². The van der Waals surface area contributed by atoms with Gasteiger partial charge < -0.3 is 14.8 Å². The van der Waals surface area contributed by atoms with Crippen molar-refractivity contribution in [3.63, 3.8) is 0 Å². The summed E-state index contributed by atoms with van der Waals surface area (Å²) in [5, 5.41) is 3.67. The molecule has 1 aromatic carbocycles. The van der Waals surface area contributed by atoms with E-state index in [4.69, 9.17) is 21.1 Å². The molecule has 5 atom stereocenters. The van der Waals surface area contributed by atoms with Gasteiger partial charge in [-0.05, 0) is 50.1 Å². The van der Waals surface area contributed by atoms with E-state index in [2.05, 4.69) is 18.5 Å². The molecule has 0 spiro atoms. The Hall–Kier alpha value is -2.41. The van der Waals surface area contributed by atoms with E-state index in [-0.39, 0.29) is 5.91 Å². The molecule has 32 heavy (non-hydrogen) atoms. The predicted molar refractivity (Wildman–Crippen MR) is 125 cm³/mol. The van der Waals surface area contributed by atoms with Crippen molar-refractivity contribution >= 4 is 23.5 Å². The Labute approximate surface area is 194 Å². The van der Waals surface area contributed by atoms with Crippen molar-refractivity contribution in [2.24, 2.45) is 5.92 Å². The fraction of sp³-hybridized carbons (Fsp3) is 0.440. The number of methoxy groups -OCH3 is 1. The number of halogens is 1. The van der Waals surface area contributed by atoms with Gasteiger partial charge in [0.1, 0.15) is 12.0 Å². The van der Waals surface area contributed by atoms with E-state index in [0.29, 0.717) is 11.6 Å². The molecule has 6 nitrogen and oxygen atoms in total. The zero-order valence-electron chi connectivity index (χ0n) is 19.0. The third-order valence-corrected chi connectivity index (χ3v) is 5.98. The van der Waals surface area contributed by atoms with Gasteiger partial charge in [-0.25, -0.2) is 0 Å². The van der Waals surface area contributed by atoms with Crippen LogP contribution in [-0.4, -0.2) is 54.2 Å². The standard InChI is InChI=1S/C25H31ClN2O4/c1-7-15-13-19-22(20(24(30)31-6)18(8-2)32-19)28(14-15)21(23(29)27-25(3,4)5)16-9-11-17(26)12-10-16/h7-13,18-22H,1-2,14H2,3-6H3,(H,27,29)/t18-,19+,20+,21+,22+/m0/s1. The van der Waals surface area contributed by atoms with E-state index in [1.165, 1.54) is 7.11 Å². The lowest BCUT2D eigenvalue weighted by molar-refractivity contribution is -0.149. The zero-order valence-corrected chi connectivity index (χ0v) is 19.8. The minimum absolute atomic E-state index is 0.172. The first-order valence-electron chi connectivity index (χ1n) is 10.6. The summed E-state index contributed by atoms with van der Waals surface area (Å²) >= 11 is 6.12. The van der Waals surface area contributed by atoms with Crippen molar-refractivity contribution in [2.45, 2.75) is 50.6 Å². The van der Waals surface area contributed by atoms with Crippen LogP contribution in [0.3, 0.4) is 0 Å². The molecule has 0 unspecified atom stereocenters. The molecule has 172 valence electrons. The molecule has 2 heterocycles. The van der Waals surface area contributed by atoms with Gasteiger partial charge in [-0.2, -0.15) is 0 Å². The van der Waals surface area contributed by atoms with Crippen LogP contribution >= 0.6 is 11.6 Å². The number of esters is 1. The van der Waals surface area contributed by atoms with Crippen LogP contribution in [0.1, 0.15) is 32.4 Å². The molecule has 0 aromatic heterocycles. The monoisotopic (exact) mass is 458 g/mol. The van der Waals surface area contributed by atoms with Crippen molar-refractivity contribution in [1.29, 1.82) is 0 Å². The molecule has 3 rings (SSSR count). The summed E-state index contributed by atoms with van der Waals surface area (Å²) in [5.74, 6) is -1.19. The maximum Gasteiger partial charge on any atom is 0.313 e. The van der Waals surface area contributed by atoms with Gasteiger partial charge in [-0.1, -0.05) is 42.5 Å². The van der Waals surface area contributed by atoms with E-state index in [0.717, 1.165) is 11.1 Å². The zero-order chi connectivity index (χ0) is 23.6. The van der Waals surface area contributed by atoms with Crippen LogP contribution < -0.4 is 5.32 Å². The highest BCUT2D eigenvalue weighted by atomic mass is 35.5. The number of rotatable bonds is 6. The van der Waals surface area contributed by atoms with E-state index in [9.17, 15) is 9.59 Å². The molecule has 1 saturated heterocycles. The molecule has 1 N–H and O–H groups in total. The van der Waals surface area contributed by atoms with Gasteiger partial charge in [0, 0.05) is 17.1 Å². The van der Waals surface area contributed by atoms with Crippen molar-refractivity contribution < 1.29 is 19.1 Å². The highest BCUT2D eigenvalue weighted by molar-refractivity contribution is 6.30. The largest absolute Gasteiger partial charge is 0.469 e. The summed E-state index contributed by atoms with van der Waals surface area (Å²) in [4.78, 5) is 28.4. The highest BCUT2D eigenvalue weighted by Crippen LogP contribution is 2.41. The van der Waals surface area contributed by atoms with Crippen LogP contribution in [0.4, 0.5) is 0 Å². The fourth-order valence-corrected chi connectivity index (χ4v) is 4.57. The summed E-state index contributed by atoms with van der Waals surface area (Å²) in [6.45, 7) is 14.0. The Morgan fingerprint density at radius 1 is 1.28 bits per heavy atom. The first-order chi connectivity index (χ1) is 15.1. The van der Waals surface area contributed by atoms with E-state index in [1.54, 1.807) is 24.3 Å². The Morgan fingerprint density at radius 3 is 2.47 bits per heavy atom. The van der Waals surface area contributed by atoms with Crippen LogP contribution in [0.25, 0.3) is 0 Å². The number of ether oxygens (including phenoxy) is 2. The maximum atomic E-state index is 13.6. The minimum atomic E-state index is -0.679.